The van der Waals surface area contributed by atoms with Gasteiger partial charge in [-0.15, -0.1) is 0 Å². The minimum Gasteiger partial charge on any atom is -0.435 e. The van der Waals surface area contributed by atoms with Crippen LogP contribution in [-0.4, -0.2) is 9.55 Å². The van der Waals surface area contributed by atoms with Crippen molar-refractivity contribution in [3.05, 3.63) is 188 Å². The van der Waals surface area contributed by atoms with Crippen LogP contribution in [-0.2, 0) is 0 Å². The van der Waals surface area contributed by atoms with Crippen molar-refractivity contribution >= 4 is 60.7 Å². The van der Waals surface area contributed by atoms with E-state index in [9.17, 15) is 0 Å². The molecule has 0 bridgehead atoms. The maximum absolute atomic E-state index is 6.36. The lowest BCUT2D eigenvalue weighted by Crippen LogP contribution is -2.10. The van der Waals surface area contributed by atoms with Gasteiger partial charge in [0.2, 0.25) is 5.89 Å². The number of aromatic nitrogens is 2. The molecular formula is C47H31N3O. The van der Waals surface area contributed by atoms with Gasteiger partial charge in [-0.25, -0.2) is 4.98 Å². The van der Waals surface area contributed by atoms with E-state index in [4.69, 9.17) is 9.40 Å². The fraction of sp³-hybridized carbons (Fsp3) is 0. The number of hydrogen-bond donors (Lipinski definition) is 0. The van der Waals surface area contributed by atoms with Crippen LogP contribution in [0.25, 0.3) is 71.9 Å². The van der Waals surface area contributed by atoms with Crippen LogP contribution in [0.15, 0.2) is 192 Å². The predicted octanol–water partition coefficient (Wildman–Crippen LogP) is 12.9. The van der Waals surface area contributed by atoms with Crippen molar-refractivity contribution in [2.45, 2.75) is 0 Å². The molecule has 0 aliphatic heterocycles. The summed E-state index contributed by atoms with van der Waals surface area (Å²) >= 11 is 0. The SMILES string of the molecule is c1ccc(-c2nc3cc(-c4ccc(N(c5ccccc5)c5ccc(-n6c7ccccc7c7ccccc76)cc5)cc4)c4ccccc4c3o2)cc1. The summed E-state index contributed by atoms with van der Waals surface area (Å²) in [6.45, 7) is 0. The molecule has 0 saturated carbocycles. The molecule has 2 heterocycles. The summed E-state index contributed by atoms with van der Waals surface area (Å²) in [5.74, 6) is 0.630. The van der Waals surface area contributed by atoms with E-state index in [0.29, 0.717) is 5.89 Å². The zero-order chi connectivity index (χ0) is 33.7. The van der Waals surface area contributed by atoms with Crippen LogP contribution < -0.4 is 4.90 Å². The van der Waals surface area contributed by atoms with E-state index < -0.39 is 0 Å². The van der Waals surface area contributed by atoms with Gasteiger partial charge < -0.3 is 13.9 Å². The lowest BCUT2D eigenvalue weighted by molar-refractivity contribution is 0.623. The minimum absolute atomic E-state index is 0.630. The van der Waals surface area contributed by atoms with E-state index >= 15 is 0 Å². The third kappa shape index (κ3) is 4.88. The van der Waals surface area contributed by atoms with Crippen molar-refractivity contribution in [2.75, 3.05) is 4.90 Å². The molecule has 8 aromatic carbocycles. The molecule has 10 aromatic rings. The van der Waals surface area contributed by atoms with Crippen molar-refractivity contribution in [2.24, 2.45) is 0 Å². The highest BCUT2D eigenvalue weighted by molar-refractivity contribution is 6.11. The number of anilines is 3. The standard InChI is InChI=1S/C47H31N3O/c1-3-13-33(14-4-1)47-48-43-31-42(38-17-7-8-20-41(38)46(43)51-47)32-23-25-35(26-24-32)49(34-15-5-2-6-16-34)36-27-29-37(30-28-36)50-44-21-11-9-18-39(44)40-19-10-12-22-45(40)50/h1-31H. The summed E-state index contributed by atoms with van der Waals surface area (Å²) in [7, 11) is 0. The van der Waals surface area contributed by atoms with Crippen LogP contribution in [0.3, 0.4) is 0 Å². The average Bonchev–Trinajstić information content (AvgIpc) is 3.79. The van der Waals surface area contributed by atoms with Gasteiger partial charge in [-0.1, -0.05) is 109 Å². The first kappa shape index (κ1) is 29.0. The first-order chi connectivity index (χ1) is 25.3. The Morgan fingerprint density at radius 1 is 0.431 bits per heavy atom. The molecule has 0 spiro atoms. The molecule has 0 radical (unpaired) electrons. The normalized spacial score (nSPS) is 11.5. The number of fused-ring (bicyclic) bond motifs is 6. The molecule has 51 heavy (non-hydrogen) atoms. The van der Waals surface area contributed by atoms with Crippen molar-refractivity contribution in [3.63, 3.8) is 0 Å². The molecule has 0 aliphatic carbocycles. The predicted molar refractivity (Wildman–Crippen MR) is 211 cm³/mol. The molecule has 240 valence electrons. The molecule has 2 aromatic heterocycles. The van der Waals surface area contributed by atoms with Gasteiger partial charge in [0.05, 0.1) is 11.0 Å². The van der Waals surface area contributed by atoms with Crippen molar-refractivity contribution in [1.82, 2.24) is 9.55 Å². The Hall–Kier alpha value is -6.91. The molecule has 0 unspecified atom stereocenters. The Kier molecular flexibility index (Phi) is 6.78. The molecule has 0 amide bonds. The van der Waals surface area contributed by atoms with Crippen molar-refractivity contribution in [1.29, 1.82) is 0 Å². The summed E-state index contributed by atoms with van der Waals surface area (Å²) in [6, 6.07) is 66.2. The maximum atomic E-state index is 6.36. The second kappa shape index (κ2) is 11.9. The Morgan fingerprint density at radius 3 is 1.59 bits per heavy atom. The largest absolute Gasteiger partial charge is 0.435 e. The molecule has 0 aliphatic rings. The Labute approximate surface area is 295 Å². The summed E-state index contributed by atoms with van der Waals surface area (Å²) in [5.41, 5.74) is 11.7. The summed E-state index contributed by atoms with van der Waals surface area (Å²) in [6.07, 6.45) is 0. The van der Waals surface area contributed by atoms with Crippen LogP contribution in [0, 0.1) is 0 Å². The van der Waals surface area contributed by atoms with Gasteiger partial charge in [-0.2, -0.15) is 0 Å². The van der Waals surface area contributed by atoms with E-state index in [-0.39, 0.29) is 0 Å². The third-order valence-corrected chi connectivity index (χ3v) is 9.81. The third-order valence-electron chi connectivity index (χ3n) is 9.81. The number of hydrogen-bond acceptors (Lipinski definition) is 3. The second-order valence-electron chi connectivity index (χ2n) is 12.8. The zero-order valence-corrected chi connectivity index (χ0v) is 27.6. The number of para-hydroxylation sites is 3. The van der Waals surface area contributed by atoms with E-state index in [0.717, 1.165) is 61.3 Å². The maximum Gasteiger partial charge on any atom is 0.227 e. The summed E-state index contributed by atoms with van der Waals surface area (Å²) in [4.78, 5) is 7.24. The zero-order valence-electron chi connectivity index (χ0n) is 27.6. The van der Waals surface area contributed by atoms with E-state index in [1.807, 2.05) is 30.3 Å². The molecule has 0 N–H and O–H groups in total. The quantitative estimate of drug-likeness (QED) is 0.179. The molecule has 0 atom stereocenters. The van der Waals surface area contributed by atoms with Crippen molar-refractivity contribution < 1.29 is 4.42 Å². The number of rotatable bonds is 6. The molecule has 0 fully saturated rings. The smallest absolute Gasteiger partial charge is 0.227 e. The molecule has 0 saturated heterocycles. The Balaban J connectivity index is 1.06. The fourth-order valence-corrected chi connectivity index (χ4v) is 7.46. The summed E-state index contributed by atoms with van der Waals surface area (Å²) in [5, 5.41) is 4.71. The van der Waals surface area contributed by atoms with Crippen LogP contribution in [0.4, 0.5) is 17.1 Å². The van der Waals surface area contributed by atoms with Gasteiger partial charge in [0.25, 0.3) is 0 Å². The van der Waals surface area contributed by atoms with Gasteiger partial charge in [0.1, 0.15) is 5.52 Å². The molecule has 4 heteroatoms. The lowest BCUT2D eigenvalue weighted by Gasteiger charge is -2.26. The van der Waals surface area contributed by atoms with E-state index in [1.54, 1.807) is 0 Å². The molecule has 4 nitrogen and oxygen atoms in total. The number of benzene rings is 8. The Morgan fingerprint density at radius 2 is 0.941 bits per heavy atom. The van der Waals surface area contributed by atoms with Gasteiger partial charge in [-0.05, 0) is 95.4 Å². The van der Waals surface area contributed by atoms with Crippen LogP contribution >= 0.6 is 0 Å². The molecular weight excluding hydrogens is 623 g/mol. The summed E-state index contributed by atoms with van der Waals surface area (Å²) < 4.78 is 8.72. The highest BCUT2D eigenvalue weighted by Crippen LogP contribution is 2.40. The monoisotopic (exact) mass is 653 g/mol. The van der Waals surface area contributed by atoms with Crippen LogP contribution in [0.2, 0.25) is 0 Å². The second-order valence-corrected chi connectivity index (χ2v) is 12.8. The minimum atomic E-state index is 0.630. The van der Waals surface area contributed by atoms with Crippen LogP contribution in [0.1, 0.15) is 0 Å². The molecule has 10 rings (SSSR count). The van der Waals surface area contributed by atoms with E-state index in [2.05, 4.69) is 167 Å². The topological polar surface area (TPSA) is 34.2 Å². The highest BCUT2D eigenvalue weighted by Gasteiger charge is 2.18. The first-order valence-corrected chi connectivity index (χ1v) is 17.2. The first-order valence-electron chi connectivity index (χ1n) is 17.2. The fourth-order valence-electron chi connectivity index (χ4n) is 7.46. The average molecular weight is 654 g/mol. The van der Waals surface area contributed by atoms with Gasteiger partial charge in [-0.3, -0.25) is 0 Å². The lowest BCUT2D eigenvalue weighted by atomic mass is 9.97. The van der Waals surface area contributed by atoms with Gasteiger partial charge >= 0.3 is 0 Å². The van der Waals surface area contributed by atoms with Crippen molar-refractivity contribution in [3.8, 4) is 28.3 Å². The van der Waals surface area contributed by atoms with Crippen LogP contribution in [0.5, 0.6) is 0 Å². The van der Waals surface area contributed by atoms with E-state index in [1.165, 1.54) is 21.8 Å². The van der Waals surface area contributed by atoms with Gasteiger partial charge in [0.15, 0.2) is 5.58 Å². The number of nitrogens with zero attached hydrogens (tertiary/aromatic N) is 3. The Bertz CT molecular complexity index is 2780. The van der Waals surface area contributed by atoms with Gasteiger partial charge in [0, 0.05) is 44.5 Å². The highest BCUT2D eigenvalue weighted by atomic mass is 16.3. The number of oxazole rings is 1.